The van der Waals surface area contributed by atoms with Crippen LogP contribution >= 0.6 is 15.9 Å². The van der Waals surface area contributed by atoms with Crippen LogP contribution < -0.4 is 5.32 Å². The summed E-state index contributed by atoms with van der Waals surface area (Å²) < 4.78 is 19.3. The van der Waals surface area contributed by atoms with E-state index in [1.165, 1.54) is 25.1 Å². The number of para-hydroxylation sites is 1. The number of amides is 1. The molecule has 0 unspecified atom stereocenters. The second-order valence-electron chi connectivity index (χ2n) is 4.93. The number of anilines is 1. The van der Waals surface area contributed by atoms with Gasteiger partial charge in [-0.25, -0.2) is 9.18 Å². The molecule has 0 fully saturated rings. The largest absolute Gasteiger partial charge is 0.449 e. The molecule has 2 rings (SSSR count). The smallest absolute Gasteiger partial charge is 0.331 e. The van der Waals surface area contributed by atoms with E-state index < -0.39 is 23.8 Å². The van der Waals surface area contributed by atoms with Gasteiger partial charge in [0.1, 0.15) is 5.82 Å². The van der Waals surface area contributed by atoms with Crippen LogP contribution in [0.1, 0.15) is 12.5 Å². The van der Waals surface area contributed by atoms with Gasteiger partial charge in [-0.05, 0) is 43.3 Å². The van der Waals surface area contributed by atoms with E-state index in [-0.39, 0.29) is 5.56 Å². The van der Waals surface area contributed by atoms with Crippen molar-refractivity contribution < 1.29 is 18.7 Å². The van der Waals surface area contributed by atoms with Crippen LogP contribution in [0.25, 0.3) is 6.08 Å². The molecule has 0 aliphatic carbocycles. The molecule has 1 N–H and O–H groups in total. The van der Waals surface area contributed by atoms with Gasteiger partial charge in [-0.15, -0.1) is 0 Å². The molecule has 0 aliphatic heterocycles. The fourth-order valence-corrected chi connectivity index (χ4v) is 2.21. The fraction of sp³-hybridized carbons (Fsp3) is 0.111. The van der Waals surface area contributed by atoms with Crippen LogP contribution in [-0.4, -0.2) is 18.0 Å². The zero-order valence-corrected chi connectivity index (χ0v) is 14.4. The van der Waals surface area contributed by atoms with Crippen molar-refractivity contribution in [1.82, 2.24) is 0 Å². The highest BCUT2D eigenvalue weighted by Gasteiger charge is 2.16. The van der Waals surface area contributed by atoms with Crippen LogP contribution in [-0.2, 0) is 14.3 Å². The third-order valence-electron chi connectivity index (χ3n) is 3.06. The summed E-state index contributed by atoms with van der Waals surface area (Å²) in [5.41, 5.74) is 0.847. The maximum absolute atomic E-state index is 13.6. The maximum atomic E-state index is 13.6. The number of rotatable bonds is 5. The SMILES string of the molecule is C[C@H](OC(=O)/C=C/c1cc(Br)ccc1F)C(=O)Nc1ccccc1. The van der Waals surface area contributed by atoms with Crippen molar-refractivity contribution in [2.75, 3.05) is 5.32 Å². The van der Waals surface area contributed by atoms with Crippen molar-refractivity contribution >= 4 is 39.6 Å². The minimum atomic E-state index is -0.977. The molecular formula is C18H15BrFNO3. The standard InChI is InChI=1S/C18H15BrFNO3/c1-12(18(23)21-15-5-3-2-4-6-15)24-17(22)10-7-13-11-14(19)8-9-16(13)20/h2-12H,1H3,(H,21,23)/b10-7+/t12-/m0/s1. The summed E-state index contributed by atoms with van der Waals surface area (Å²) in [6.07, 6.45) is 1.40. The van der Waals surface area contributed by atoms with Crippen molar-refractivity contribution in [3.63, 3.8) is 0 Å². The second-order valence-corrected chi connectivity index (χ2v) is 5.85. The number of hydrogen-bond donors (Lipinski definition) is 1. The number of ether oxygens (including phenoxy) is 1. The summed E-state index contributed by atoms with van der Waals surface area (Å²) in [7, 11) is 0. The van der Waals surface area contributed by atoms with E-state index in [9.17, 15) is 14.0 Å². The van der Waals surface area contributed by atoms with Crippen molar-refractivity contribution in [3.8, 4) is 0 Å². The molecule has 24 heavy (non-hydrogen) atoms. The Labute approximate surface area is 147 Å². The Bertz CT molecular complexity index is 762. The summed E-state index contributed by atoms with van der Waals surface area (Å²) in [5, 5.41) is 2.63. The van der Waals surface area contributed by atoms with E-state index in [0.29, 0.717) is 10.2 Å². The van der Waals surface area contributed by atoms with Gasteiger partial charge in [-0.2, -0.15) is 0 Å². The van der Waals surface area contributed by atoms with Crippen LogP contribution in [0.15, 0.2) is 59.1 Å². The van der Waals surface area contributed by atoms with E-state index in [4.69, 9.17) is 4.74 Å². The molecule has 2 aromatic rings. The van der Waals surface area contributed by atoms with Gasteiger partial charge in [-0.1, -0.05) is 34.1 Å². The van der Waals surface area contributed by atoms with Gasteiger partial charge < -0.3 is 10.1 Å². The van der Waals surface area contributed by atoms with E-state index >= 15 is 0 Å². The molecule has 0 aliphatic rings. The van der Waals surface area contributed by atoms with Crippen molar-refractivity contribution in [2.24, 2.45) is 0 Å². The Hall–Kier alpha value is -2.47. The first kappa shape index (κ1) is 17.9. The minimum absolute atomic E-state index is 0.239. The summed E-state index contributed by atoms with van der Waals surface area (Å²) >= 11 is 3.22. The lowest BCUT2D eigenvalue weighted by Gasteiger charge is -2.12. The average Bonchev–Trinajstić information content (AvgIpc) is 2.56. The summed E-state index contributed by atoms with van der Waals surface area (Å²) in [6.45, 7) is 1.46. The van der Waals surface area contributed by atoms with E-state index in [1.807, 2.05) is 6.07 Å². The number of halogens is 2. The molecule has 124 valence electrons. The summed E-state index contributed by atoms with van der Waals surface area (Å²) in [5.74, 6) is -1.64. The first-order valence-electron chi connectivity index (χ1n) is 7.15. The molecule has 1 amide bonds. The quantitative estimate of drug-likeness (QED) is 0.614. The summed E-state index contributed by atoms with van der Waals surface area (Å²) in [6, 6.07) is 13.2. The Balaban J connectivity index is 1.92. The molecule has 0 radical (unpaired) electrons. The van der Waals surface area contributed by atoms with Crippen LogP contribution in [0.3, 0.4) is 0 Å². The molecule has 6 heteroatoms. The predicted molar refractivity (Wildman–Crippen MR) is 93.8 cm³/mol. The number of benzene rings is 2. The lowest BCUT2D eigenvalue weighted by Crippen LogP contribution is -2.29. The van der Waals surface area contributed by atoms with Crippen molar-refractivity contribution in [3.05, 3.63) is 70.5 Å². The van der Waals surface area contributed by atoms with E-state index in [1.54, 1.807) is 30.3 Å². The lowest BCUT2D eigenvalue weighted by molar-refractivity contribution is -0.148. The molecule has 0 aromatic heterocycles. The van der Waals surface area contributed by atoms with Crippen molar-refractivity contribution in [1.29, 1.82) is 0 Å². The van der Waals surface area contributed by atoms with E-state index in [2.05, 4.69) is 21.2 Å². The second kappa shape index (κ2) is 8.40. The first-order valence-corrected chi connectivity index (χ1v) is 7.94. The van der Waals surface area contributed by atoms with Crippen LogP contribution in [0, 0.1) is 5.82 Å². The van der Waals surface area contributed by atoms with E-state index in [0.717, 1.165) is 6.08 Å². The van der Waals surface area contributed by atoms with Crippen LogP contribution in [0.4, 0.5) is 10.1 Å². The molecule has 1 atom stereocenters. The minimum Gasteiger partial charge on any atom is -0.449 e. The number of carbonyl (C=O) groups is 2. The zero-order valence-electron chi connectivity index (χ0n) is 12.8. The summed E-state index contributed by atoms with van der Waals surface area (Å²) in [4.78, 5) is 23.7. The predicted octanol–water partition coefficient (Wildman–Crippen LogP) is 4.17. The maximum Gasteiger partial charge on any atom is 0.331 e. The Kier molecular flexibility index (Phi) is 6.26. The third kappa shape index (κ3) is 5.31. The number of esters is 1. The van der Waals surface area contributed by atoms with Crippen LogP contribution in [0.2, 0.25) is 0 Å². The molecule has 0 saturated carbocycles. The number of nitrogens with one attached hydrogen (secondary N) is 1. The molecule has 0 heterocycles. The Morgan fingerprint density at radius 1 is 1.21 bits per heavy atom. The zero-order chi connectivity index (χ0) is 17.5. The van der Waals surface area contributed by atoms with Gasteiger partial charge in [0.2, 0.25) is 0 Å². The van der Waals surface area contributed by atoms with Crippen molar-refractivity contribution in [2.45, 2.75) is 13.0 Å². The van der Waals surface area contributed by atoms with Crippen LogP contribution in [0.5, 0.6) is 0 Å². The average molecular weight is 392 g/mol. The van der Waals surface area contributed by atoms with Gasteiger partial charge in [0.25, 0.3) is 5.91 Å². The normalized spacial score (nSPS) is 12.0. The Morgan fingerprint density at radius 3 is 2.62 bits per heavy atom. The highest BCUT2D eigenvalue weighted by molar-refractivity contribution is 9.10. The van der Waals surface area contributed by atoms with Gasteiger partial charge in [0.15, 0.2) is 6.10 Å². The first-order chi connectivity index (χ1) is 11.5. The fourth-order valence-electron chi connectivity index (χ4n) is 1.83. The lowest BCUT2D eigenvalue weighted by atomic mass is 10.2. The highest BCUT2D eigenvalue weighted by atomic mass is 79.9. The van der Waals surface area contributed by atoms with Gasteiger partial charge in [-0.3, -0.25) is 4.79 Å². The number of hydrogen-bond acceptors (Lipinski definition) is 3. The highest BCUT2D eigenvalue weighted by Crippen LogP contribution is 2.16. The molecule has 0 saturated heterocycles. The number of carbonyl (C=O) groups excluding carboxylic acids is 2. The van der Waals surface area contributed by atoms with Gasteiger partial charge in [0, 0.05) is 21.8 Å². The Morgan fingerprint density at radius 2 is 1.92 bits per heavy atom. The molecule has 2 aromatic carbocycles. The van der Waals surface area contributed by atoms with Gasteiger partial charge in [0.05, 0.1) is 0 Å². The molecular weight excluding hydrogens is 377 g/mol. The molecule has 0 spiro atoms. The molecule has 4 nitrogen and oxygen atoms in total. The third-order valence-corrected chi connectivity index (χ3v) is 3.55. The monoisotopic (exact) mass is 391 g/mol. The topological polar surface area (TPSA) is 55.4 Å². The molecule has 0 bridgehead atoms. The van der Waals surface area contributed by atoms with Gasteiger partial charge >= 0.3 is 5.97 Å².